The van der Waals surface area contributed by atoms with Crippen LogP contribution in [0.25, 0.3) is 0 Å². The van der Waals surface area contributed by atoms with Gasteiger partial charge in [-0.1, -0.05) is 12.8 Å². The summed E-state index contributed by atoms with van der Waals surface area (Å²) in [5.74, 6) is 0.983. The van der Waals surface area contributed by atoms with Crippen LogP contribution in [0.5, 0.6) is 0 Å². The Bertz CT molecular complexity index is 189. The van der Waals surface area contributed by atoms with E-state index in [4.69, 9.17) is 0 Å². The van der Waals surface area contributed by atoms with E-state index in [1.807, 2.05) is 4.90 Å². The van der Waals surface area contributed by atoms with Crippen LogP contribution in [0.15, 0.2) is 0 Å². The molecule has 3 heteroatoms. The van der Waals surface area contributed by atoms with Gasteiger partial charge in [-0.25, -0.2) is 10.1 Å². The third kappa shape index (κ3) is 2.61. The second-order valence-electron chi connectivity index (χ2n) is 4.09. The third-order valence-electron chi connectivity index (χ3n) is 2.84. The summed E-state index contributed by atoms with van der Waals surface area (Å²) in [5.41, 5.74) is 0. The Morgan fingerprint density at radius 3 is 3.00 bits per heavy atom. The molecule has 13 heavy (non-hydrogen) atoms. The maximum atomic E-state index is 11.2. The third-order valence-corrected chi connectivity index (χ3v) is 2.84. The molecule has 0 bridgehead atoms. The van der Waals surface area contributed by atoms with Crippen molar-refractivity contribution in [2.24, 2.45) is 5.92 Å². The Hall–Kier alpha value is -0.730. The molecular weight excluding hydrogens is 164 g/mol. The van der Waals surface area contributed by atoms with Crippen LogP contribution in [-0.2, 0) is 0 Å². The van der Waals surface area contributed by atoms with E-state index in [0.717, 1.165) is 32.0 Å². The first-order valence-corrected chi connectivity index (χ1v) is 5.32. The van der Waals surface area contributed by atoms with Gasteiger partial charge in [0.05, 0.1) is 0 Å². The first-order valence-electron chi connectivity index (χ1n) is 5.32. The van der Waals surface area contributed by atoms with Gasteiger partial charge in [0.2, 0.25) is 0 Å². The van der Waals surface area contributed by atoms with E-state index < -0.39 is 0 Å². The quantitative estimate of drug-likeness (QED) is 0.648. The summed E-state index contributed by atoms with van der Waals surface area (Å²) in [6.45, 7) is 2.59. The zero-order chi connectivity index (χ0) is 9.10. The lowest BCUT2D eigenvalue weighted by atomic mass is 10.2. The number of rotatable bonds is 4. The van der Waals surface area contributed by atoms with Gasteiger partial charge in [-0.2, -0.15) is 0 Å². The molecule has 3 nitrogen and oxygen atoms in total. The molecule has 0 aromatic rings. The second-order valence-corrected chi connectivity index (χ2v) is 4.09. The standard InChI is InChI=1S/C10H17N2O/c13-10-11-6-2-8-12(10)7-1-3-9-4-5-9/h9H,1-8H2. The van der Waals surface area contributed by atoms with Crippen LogP contribution in [0.3, 0.4) is 0 Å². The van der Waals surface area contributed by atoms with Crippen molar-refractivity contribution in [3.63, 3.8) is 0 Å². The van der Waals surface area contributed by atoms with Crippen molar-refractivity contribution in [3.05, 3.63) is 0 Å². The summed E-state index contributed by atoms with van der Waals surface area (Å²) in [6, 6.07) is 0.0158. The smallest absolute Gasteiger partial charge is 0.323 e. The zero-order valence-corrected chi connectivity index (χ0v) is 8.04. The van der Waals surface area contributed by atoms with Crippen molar-refractivity contribution in [1.82, 2.24) is 10.2 Å². The molecule has 2 fully saturated rings. The molecular formula is C10H17N2O. The van der Waals surface area contributed by atoms with Gasteiger partial charge in [0, 0.05) is 19.6 Å². The number of hydrogen-bond donors (Lipinski definition) is 0. The first-order chi connectivity index (χ1) is 6.36. The van der Waals surface area contributed by atoms with E-state index in [2.05, 4.69) is 5.32 Å². The Morgan fingerprint density at radius 2 is 2.31 bits per heavy atom. The fourth-order valence-corrected chi connectivity index (χ4v) is 1.82. The molecule has 1 radical (unpaired) electrons. The van der Waals surface area contributed by atoms with Crippen LogP contribution < -0.4 is 5.32 Å². The average molecular weight is 181 g/mol. The minimum atomic E-state index is 0.0158. The first kappa shape index (κ1) is 8.85. The largest absolute Gasteiger partial charge is 0.338 e. The number of hydrogen-bond acceptors (Lipinski definition) is 1. The molecule has 0 atom stereocenters. The molecule has 2 rings (SSSR count). The van der Waals surface area contributed by atoms with Crippen LogP contribution in [0.2, 0.25) is 0 Å². The van der Waals surface area contributed by atoms with E-state index in [9.17, 15) is 4.79 Å². The molecule has 1 saturated carbocycles. The number of carbonyl (C=O) groups is 1. The van der Waals surface area contributed by atoms with E-state index in [0.29, 0.717) is 0 Å². The fourth-order valence-electron chi connectivity index (χ4n) is 1.82. The van der Waals surface area contributed by atoms with Crippen LogP contribution >= 0.6 is 0 Å². The van der Waals surface area contributed by atoms with Gasteiger partial charge in [-0.15, -0.1) is 0 Å². The molecule has 2 aliphatic rings. The fraction of sp³-hybridized carbons (Fsp3) is 0.900. The molecule has 0 aromatic carbocycles. The molecule has 1 aliphatic heterocycles. The monoisotopic (exact) mass is 181 g/mol. The number of carbonyl (C=O) groups excluding carboxylic acids is 1. The lowest BCUT2D eigenvalue weighted by Crippen LogP contribution is -2.42. The zero-order valence-electron chi connectivity index (χ0n) is 8.04. The van der Waals surface area contributed by atoms with Crippen molar-refractivity contribution >= 4 is 6.03 Å². The van der Waals surface area contributed by atoms with Crippen molar-refractivity contribution < 1.29 is 4.79 Å². The Balaban J connectivity index is 1.63. The molecule has 1 aliphatic carbocycles. The van der Waals surface area contributed by atoms with Gasteiger partial charge in [-0.05, 0) is 25.2 Å². The summed E-state index contributed by atoms with van der Waals surface area (Å²) in [6.07, 6.45) is 6.36. The Morgan fingerprint density at radius 1 is 1.46 bits per heavy atom. The van der Waals surface area contributed by atoms with Crippen LogP contribution in [0.4, 0.5) is 4.79 Å². The van der Waals surface area contributed by atoms with Crippen LogP contribution in [0, 0.1) is 5.92 Å². The Kier molecular flexibility index (Phi) is 2.71. The number of urea groups is 1. The van der Waals surface area contributed by atoms with Crippen molar-refractivity contribution in [2.45, 2.75) is 32.1 Å². The van der Waals surface area contributed by atoms with Gasteiger partial charge in [-0.3, -0.25) is 0 Å². The van der Waals surface area contributed by atoms with E-state index >= 15 is 0 Å². The minimum absolute atomic E-state index is 0.0158. The highest BCUT2D eigenvalue weighted by atomic mass is 16.2. The maximum Gasteiger partial charge on any atom is 0.338 e. The molecule has 0 N–H and O–H groups in total. The van der Waals surface area contributed by atoms with Gasteiger partial charge in [0.15, 0.2) is 0 Å². The number of nitrogens with zero attached hydrogens (tertiary/aromatic N) is 2. The van der Waals surface area contributed by atoms with E-state index in [-0.39, 0.29) is 6.03 Å². The highest BCUT2D eigenvalue weighted by Crippen LogP contribution is 2.33. The summed E-state index contributed by atoms with van der Waals surface area (Å²) >= 11 is 0. The van der Waals surface area contributed by atoms with Crippen LogP contribution in [-0.4, -0.2) is 30.6 Å². The maximum absolute atomic E-state index is 11.2. The summed E-state index contributed by atoms with van der Waals surface area (Å²) < 4.78 is 0. The van der Waals surface area contributed by atoms with Gasteiger partial charge < -0.3 is 4.90 Å². The predicted molar refractivity (Wildman–Crippen MR) is 50.5 cm³/mol. The minimum Gasteiger partial charge on any atom is -0.323 e. The van der Waals surface area contributed by atoms with Gasteiger partial charge in [0.1, 0.15) is 0 Å². The van der Waals surface area contributed by atoms with Gasteiger partial charge in [0.25, 0.3) is 0 Å². The SMILES string of the molecule is O=C1[N]CCCN1CCCC1CC1. The Labute approximate surface area is 79.5 Å². The van der Waals surface area contributed by atoms with Crippen molar-refractivity contribution in [2.75, 3.05) is 19.6 Å². The predicted octanol–water partition coefficient (Wildman–Crippen LogP) is 1.61. The highest BCUT2D eigenvalue weighted by molar-refractivity contribution is 5.74. The second kappa shape index (κ2) is 3.99. The molecule has 0 unspecified atom stereocenters. The summed E-state index contributed by atoms with van der Waals surface area (Å²) in [4.78, 5) is 13.1. The van der Waals surface area contributed by atoms with E-state index in [1.54, 1.807) is 0 Å². The van der Waals surface area contributed by atoms with Crippen molar-refractivity contribution in [3.8, 4) is 0 Å². The van der Waals surface area contributed by atoms with Crippen LogP contribution in [0.1, 0.15) is 32.1 Å². The number of amides is 2. The molecule has 1 saturated heterocycles. The topological polar surface area (TPSA) is 34.4 Å². The molecule has 1 heterocycles. The molecule has 73 valence electrons. The lowest BCUT2D eigenvalue weighted by molar-refractivity contribution is 0.183. The van der Waals surface area contributed by atoms with E-state index in [1.165, 1.54) is 25.7 Å². The lowest BCUT2D eigenvalue weighted by Gasteiger charge is -2.25. The summed E-state index contributed by atoms with van der Waals surface area (Å²) in [5, 5.41) is 3.91. The average Bonchev–Trinajstić information content (AvgIpc) is 2.92. The van der Waals surface area contributed by atoms with Crippen molar-refractivity contribution in [1.29, 1.82) is 0 Å². The molecule has 0 aromatic heterocycles. The summed E-state index contributed by atoms with van der Waals surface area (Å²) in [7, 11) is 0. The van der Waals surface area contributed by atoms with Gasteiger partial charge >= 0.3 is 6.03 Å². The molecule has 0 spiro atoms. The highest BCUT2D eigenvalue weighted by Gasteiger charge is 2.22. The normalized spacial score (nSPS) is 23.1. The molecule has 2 amide bonds.